The van der Waals surface area contributed by atoms with E-state index in [9.17, 15) is 9.59 Å². The Morgan fingerprint density at radius 2 is 1.61 bits per heavy atom. The van der Waals surface area contributed by atoms with Crippen LogP contribution in [0.4, 0.5) is 0 Å². The lowest BCUT2D eigenvalue weighted by molar-refractivity contribution is 0.0994. The van der Waals surface area contributed by atoms with Crippen molar-refractivity contribution < 1.29 is 14.3 Å². The summed E-state index contributed by atoms with van der Waals surface area (Å²) >= 11 is 7.79. The molecule has 0 N–H and O–H groups in total. The second-order valence-electron chi connectivity index (χ2n) is 6.81. The Hall–Kier alpha value is -3.06. The topological polar surface area (TPSA) is 60.7 Å². The van der Waals surface area contributed by atoms with Gasteiger partial charge in [0.2, 0.25) is 0 Å². The minimum Gasteiger partial charge on any atom is -0.383 e. The molecule has 0 aliphatic heterocycles. The monoisotopic (exact) mass is 450 g/mol. The summed E-state index contributed by atoms with van der Waals surface area (Å²) in [7, 11) is 1.62. The quantitative estimate of drug-likeness (QED) is 0.389. The van der Waals surface area contributed by atoms with Crippen LogP contribution in [-0.4, -0.2) is 30.0 Å². The molecule has 0 unspecified atom stereocenters. The number of nitrogens with zero attached hydrogens (tertiary/aromatic N) is 2. The standard InChI is InChI=1S/C24H19ClN2O3S/c1-30-15-14-27-21-19(25)8-5-9-20(21)31-24(27)26-23(29)18-12-10-17(11-13-18)22(28)16-6-3-2-4-7-16/h2-13H,14-15H2,1H3. The third-order valence-corrected chi connectivity index (χ3v) is 6.15. The molecule has 0 saturated heterocycles. The van der Waals surface area contributed by atoms with Crippen molar-refractivity contribution in [1.82, 2.24) is 4.57 Å². The number of ketones is 1. The van der Waals surface area contributed by atoms with Gasteiger partial charge >= 0.3 is 0 Å². The highest BCUT2D eigenvalue weighted by atomic mass is 35.5. The number of carbonyl (C=O) groups excluding carboxylic acids is 2. The van der Waals surface area contributed by atoms with Crippen molar-refractivity contribution in [3.05, 3.63) is 99.3 Å². The number of fused-ring (bicyclic) bond motifs is 1. The predicted octanol–water partition coefficient (Wildman–Crippen LogP) is 4.97. The van der Waals surface area contributed by atoms with Gasteiger partial charge in [-0.3, -0.25) is 9.59 Å². The van der Waals surface area contributed by atoms with Gasteiger partial charge in [0.15, 0.2) is 10.6 Å². The number of carbonyl (C=O) groups is 2. The highest BCUT2D eigenvalue weighted by Crippen LogP contribution is 2.25. The maximum atomic E-state index is 12.8. The molecule has 4 aromatic rings. The maximum Gasteiger partial charge on any atom is 0.279 e. The molecule has 1 amide bonds. The zero-order valence-corrected chi connectivity index (χ0v) is 18.3. The minimum absolute atomic E-state index is 0.0897. The van der Waals surface area contributed by atoms with Crippen LogP contribution in [0.25, 0.3) is 10.2 Å². The van der Waals surface area contributed by atoms with E-state index in [1.165, 1.54) is 11.3 Å². The first-order chi connectivity index (χ1) is 15.1. The van der Waals surface area contributed by atoms with Gasteiger partial charge in [-0.1, -0.05) is 71.5 Å². The van der Waals surface area contributed by atoms with Gasteiger partial charge in [0.05, 0.1) is 21.8 Å². The Kier molecular flexibility index (Phi) is 6.42. The molecule has 0 atom stereocenters. The van der Waals surface area contributed by atoms with E-state index in [-0.39, 0.29) is 11.7 Å². The van der Waals surface area contributed by atoms with Crippen LogP contribution in [0.15, 0.2) is 77.8 Å². The maximum absolute atomic E-state index is 12.8. The fraction of sp³-hybridized carbons (Fsp3) is 0.125. The van der Waals surface area contributed by atoms with Crippen molar-refractivity contribution >= 4 is 44.8 Å². The van der Waals surface area contributed by atoms with Crippen LogP contribution in [0.1, 0.15) is 26.3 Å². The Bertz CT molecular complexity index is 1310. The van der Waals surface area contributed by atoms with Crippen LogP contribution in [0.2, 0.25) is 5.02 Å². The van der Waals surface area contributed by atoms with E-state index in [1.54, 1.807) is 43.5 Å². The van der Waals surface area contributed by atoms with E-state index in [0.29, 0.717) is 39.7 Å². The van der Waals surface area contributed by atoms with Crippen molar-refractivity contribution in [3.63, 3.8) is 0 Å². The van der Waals surface area contributed by atoms with Crippen molar-refractivity contribution in [2.45, 2.75) is 6.54 Å². The summed E-state index contributed by atoms with van der Waals surface area (Å²) in [5.41, 5.74) is 2.37. The molecule has 31 heavy (non-hydrogen) atoms. The van der Waals surface area contributed by atoms with Crippen molar-refractivity contribution in [2.24, 2.45) is 4.99 Å². The van der Waals surface area contributed by atoms with Crippen LogP contribution in [0.3, 0.4) is 0 Å². The van der Waals surface area contributed by atoms with Crippen LogP contribution < -0.4 is 4.80 Å². The second kappa shape index (κ2) is 9.39. The first kappa shape index (κ1) is 21.2. The predicted molar refractivity (Wildman–Crippen MR) is 123 cm³/mol. The van der Waals surface area contributed by atoms with E-state index < -0.39 is 0 Å². The van der Waals surface area contributed by atoms with E-state index in [0.717, 1.165) is 10.2 Å². The summed E-state index contributed by atoms with van der Waals surface area (Å²) in [6.45, 7) is 0.992. The van der Waals surface area contributed by atoms with Gasteiger partial charge in [0.25, 0.3) is 5.91 Å². The van der Waals surface area contributed by atoms with Gasteiger partial charge in [-0.15, -0.1) is 0 Å². The Balaban J connectivity index is 1.67. The molecule has 0 fully saturated rings. The van der Waals surface area contributed by atoms with Crippen LogP contribution in [0.5, 0.6) is 0 Å². The Morgan fingerprint density at radius 3 is 2.32 bits per heavy atom. The number of halogens is 1. The van der Waals surface area contributed by atoms with Crippen molar-refractivity contribution in [2.75, 3.05) is 13.7 Å². The summed E-state index contributed by atoms with van der Waals surface area (Å²) in [4.78, 5) is 30.3. The van der Waals surface area contributed by atoms with Gasteiger partial charge in [0, 0.05) is 30.3 Å². The molecule has 1 heterocycles. The third-order valence-electron chi connectivity index (χ3n) is 4.80. The highest BCUT2D eigenvalue weighted by Gasteiger charge is 2.13. The molecule has 0 radical (unpaired) electrons. The molecule has 0 bridgehead atoms. The van der Waals surface area contributed by atoms with E-state index in [4.69, 9.17) is 16.3 Å². The van der Waals surface area contributed by atoms with Gasteiger partial charge in [-0.05, 0) is 24.3 Å². The zero-order chi connectivity index (χ0) is 21.8. The number of aromatic nitrogens is 1. The zero-order valence-electron chi connectivity index (χ0n) is 16.7. The molecular weight excluding hydrogens is 432 g/mol. The molecule has 7 heteroatoms. The number of thiazole rings is 1. The van der Waals surface area contributed by atoms with Crippen molar-refractivity contribution in [1.29, 1.82) is 0 Å². The molecule has 1 aromatic heterocycles. The van der Waals surface area contributed by atoms with Gasteiger partial charge < -0.3 is 9.30 Å². The largest absolute Gasteiger partial charge is 0.383 e. The van der Waals surface area contributed by atoms with Crippen LogP contribution in [-0.2, 0) is 11.3 Å². The number of ether oxygens (including phenoxy) is 1. The first-order valence-electron chi connectivity index (χ1n) is 9.64. The van der Waals surface area contributed by atoms with Gasteiger partial charge in [-0.2, -0.15) is 4.99 Å². The number of hydrogen-bond acceptors (Lipinski definition) is 4. The summed E-state index contributed by atoms with van der Waals surface area (Å²) in [5, 5.41) is 0.600. The Labute approximate surface area is 188 Å². The molecule has 156 valence electrons. The fourth-order valence-corrected chi connectivity index (χ4v) is 4.65. The normalized spacial score (nSPS) is 11.7. The number of methoxy groups -OCH3 is 1. The molecule has 3 aromatic carbocycles. The lowest BCUT2D eigenvalue weighted by atomic mass is 10.0. The van der Waals surface area contributed by atoms with Crippen LogP contribution >= 0.6 is 22.9 Å². The fourth-order valence-electron chi connectivity index (χ4n) is 3.23. The SMILES string of the molecule is COCCn1c(=NC(=O)c2ccc(C(=O)c3ccccc3)cc2)sc2cccc(Cl)c21. The first-order valence-corrected chi connectivity index (χ1v) is 10.8. The molecule has 0 spiro atoms. The van der Waals surface area contributed by atoms with Crippen LogP contribution in [0, 0.1) is 0 Å². The third kappa shape index (κ3) is 4.51. The molecule has 0 saturated carbocycles. The molecule has 0 aliphatic carbocycles. The average molecular weight is 451 g/mol. The average Bonchev–Trinajstić information content (AvgIpc) is 3.16. The van der Waals surface area contributed by atoms with Gasteiger partial charge in [0.1, 0.15) is 0 Å². The highest BCUT2D eigenvalue weighted by molar-refractivity contribution is 7.16. The molecule has 5 nitrogen and oxygen atoms in total. The summed E-state index contributed by atoms with van der Waals surface area (Å²) in [6.07, 6.45) is 0. The van der Waals surface area contributed by atoms with Crippen molar-refractivity contribution in [3.8, 4) is 0 Å². The van der Waals surface area contributed by atoms with E-state index >= 15 is 0 Å². The lowest BCUT2D eigenvalue weighted by Gasteiger charge is -2.05. The van der Waals surface area contributed by atoms with E-state index in [1.807, 2.05) is 41.0 Å². The number of amides is 1. The lowest BCUT2D eigenvalue weighted by Crippen LogP contribution is -2.19. The number of rotatable bonds is 6. The summed E-state index contributed by atoms with van der Waals surface area (Å²) in [5.74, 6) is -0.472. The number of hydrogen-bond donors (Lipinski definition) is 0. The summed E-state index contributed by atoms with van der Waals surface area (Å²) < 4.78 is 8.05. The molecule has 4 rings (SSSR count). The minimum atomic E-state index is -0.382. The number of benzene rings is 3. The van der Waals surface area contributed by atoms with Gasteiger partial charge in [-0.25, -0.2) is 0 Å². The smallest absolute Gasteiger partial charge is 0.279 e. The molecule has 0 aliphatic rings. The molecular formula is C24H19ClN2O3S. The number of para-hydroxylation sites is 1. The Morgan fingerprint density at radius 1 is 0.935 bits per heavy atom. The summed E-state index contributed by atoms with van der Waals surface area (Å²) in [6, 6.07) is 21.2. The second-order valence-corrected chi connectivity index (χ2v) is 8.22. The van der Waals surface area contributed by atoms with E-state index in [2.05, 4.69) is 4.99 Å².